The van der Waals surface area contributed by atoms with Crippen LogP contribution in [0.4, 0.5) is 10.7 Å². The van der Waals surface area contributed by atoms with Crippen LogP contribution >= 0.6 is 11.3 Å². The second-order valence-corrected chi connectivity index (χ2v) is 5.37. The molecule has 0 saturated carbocycles. The van der Waals surface area contributed by atoms with E-state index >= 15 is 0 Å². The summed E-state index contributed by atoms with van der Waals surface area (Å²) in [6.07, 6.45) is 0. The monoisotopic (exact) mass is 306 g/mol. The molecule has 1 aromatic heterocycles. The smallest absolute Gasteiger partial charge is 0.350 e. The van der Waals surface area contributed by atoms with Gasteiger partial charge in [-0.25, -0.2) is 4.79 Å². The Morgan fingerprint density at radius 3 is 2.67 bits per heavy atom. The molecule has 5 nitrogen and oxygen atoms in total. The SMILES string of the molecule is CCOC(=O)c1sc(NCc2ccc(OC)cc2)cc1N. The molecule has 0 atom stereocenters. The Balaban J connectivity index is 1.99. The molecule has 0 unspecified atom stereocenters. The highest BCUT2D eigenvalue weighted by molar-refractivity contribution is 7.18. The zero-order valence-electron chi connectivity index (χ0n) is 12.0. The quantitative estimate of drug-likeness (QED) is 0.802. The highest BCUT2D eigenvalue weighted by Crippen LogP contribution is 2.30. The third-order valence-electron chi connectivity index (χ3n) is 2.85. The van der Waals surface area contributed by atoms with Gasteiger partial charge in [0.25, 0.3) is 0 Å². The van der Waals surface area contributed by atoms with Gasteiger partial charge in [0.2, 0.25) is 0 Å². The second-order valence-electron chi connectivity index (χ2n) is 4.32. The fourth-order valence-corrected chi connectivity index (χ4v) is 2.65. The van der Waals surface area contributed by atoms with Gasteiger partial charge in [0, 0.05) is 6.54 Å². The van der Waals surface area contributed by atoms with E-state index in [9.17, 15) is 4.79 Å². The van der Waals surface area contributed by atoms with Gasteiger partial charge < -0.3 is 20.5 Å². The Labute approximate surface area is 127 Å². The van der Waals surface area contributed by atoms with Gasteiger partial charge in [-0.05, 0) is 30.7 Å². The van der Waals surface area contributed by atoms with E-state index in [2.05, 4.69) is 5.32 Å². The van der Waals surface area contributed by atoms with E-state index in [0.717, 1.165) is 16.3 Å². The van der Waals surface area contributed by atoms with Crippen molar-refractivity contribution in [1.29, 1.82) is 0 Å². The van der Waals surface area contributed by atoms with Crippen molar-refractivity contribution < 1.29 is 14.3 Å². The van der Waals surface area contributed by atoms with Crippen molar-refractivity contribution in [2.75, 3.05) is 24.8 Å². The molecule has 0 amide bonds. The number of carbonyl (C=O) groups is 1. The summed E-state index contributed by atoms with van der Waals surface area (Å²) in [5.41, 5.74) is 7.38. The number of hydrogen-bond acceptors (Lipinski definition) is 6. The van der Waals surface area contributed by atoms with Crippen molar-refractivity contribution in [2.45, 2.75) is 13.5 Å². The Morgan fingerprint density at radius 2 is 2.05 bits per heavy atom. The van der Waals surface area contributed by atoms with Crippen LogP contribution in [0.3, 0.4) is 0 Å². The Hall–Kier alpha value is -2.21. The molecule has 3 N–H and O–H groups in total. The molecule has 0 fully saturated rings. The van der Waals surface area contributed by atoms with Gasteiger partial charge in [-0.15, -0.1) is 11.3 Å². The highest BCUT2D eigenvalue weighted by atomic mass is 32.1. The molecule has 1 heterocycles. The van der Waals surface area contributed by atoms with Crippen molar-refractivity contribution in [3.8, 4) is 5.75 Å². The molecular formula is C15H18N2O3S. The minimum absolute atomic E-state index is 0.338. The van der Waals surface area contributed by atoms with Crippen molar-refractivity contribution in [1.82, 2.24) is 0 Å². The molecule has 1 aromatic carbocycles. The number of nitrogen functional groups attached to an aromatic ring is 1. The predicted molar refractivity (Wildman–Crippen MR) is 85.0 cm³/mol. The molecule has 21 heavy (non-hydrogen) atoms. The zero-order chi connectivity index (χ0) is 15.2. The van der Waals surface area contributed by atoms with E-state index < -0.39 is 0 Å². The maximum Gasteiger partial charge on any atom is 0.350 e. The normalized spacial score (nSPS) is 10.2. The lowest BCUT2D eigenvalue weighted by atomic mass is 10.2. The standard InChI is InChI=1S/C15H18N2O3S/c1-3-20-15(18)14-12(16)8-13(21-14)17-9-10-4-6-11(19-2)7-5-10/h4-8,17H,3,9,16H2,1-2H3. The van der Waals surface area contributed by atoms with E-state index in [-0.39, 0.29) is 5.97 Å². The molecule has 6 heteroatoms. The molecule has 0 radical (unpaired) electrons. The number of anilines is 2. The van der Waals surface area contributed by atoms with Crippen LogP contribution in [0.1, 0.15) is 22.2 Å². The van der Waals surface area contributed by atoms with E-state index in [0.29, 0.717) is 23.7 Å². The lowest BCUT2D eigenvalue weighted by Gasteiger charge is -2.05. The van der Waals surface area contributed by atoms with Gasteiger partial charge in [0.1, 0.15) is 10.6 Å². The van der Waals surface area contributed by atoms with Gasteiger partial charge in [-0.2, -0.15) is 0 Å². The van der Waals surface area contributed by atoms with E-state index in [1.165, 1.54) is 11.3 Å². The number of ether oxygens (including phenoxy) is 2. The van der Waals surface area contributed by atoms with Gasteiger partial charge >= 0.3 is 5.97 Å². The highest BCUT2D eigenvalue weighted by Gasteiger charge is 2.15. The number of methoxy groups -OCH3 is 1. The third kappa shape index (κ3) is 3.88. The Kier molecular flexibility index (Phi) is 5.05. The molecule has 0 aliphatic heterocycles. The number of nitrogens with two attached hydrogens (primary N) is 1. The Bertz CT molecular complexity index is 608. The summed E-state index contributed by atoms with van der Waals surface area (Å²) in [5, 5.41) is 4.09. The van der Waals surface area contributed by atoms with Crippen LogP contribution in [0.2, 0.25) is 0 Å². The van der Waals surface area contributed by atoms with Crippen LogP contribution in [-0.4, -0.2) is 19.7 Å². The molecular weight excluding hydrogens is 288 g/mol. The van der Waals surface area contributed by atoms with Crippen LogP contribution in [0.15, 0.2) is 30.3 Å². The first-order valence-corrected chi connectivity index (χ1v) is 7.39. The number of benzene rings is 1. The van der Waals surface area contributed by atoms with Crippen LogP contribution in [0, 0.1) is 0 Å². The predicted octanol–water partition coefficient (Wildman–Crippen LogP) is 3.13. The van der Waals surface area contributed by atoms with E-state index in [1.54, 1.807) is 20.1 Å². The maximum absolute atomic E-state index is 11.7. The Morgan fingerprint density at radius 1 is 1.33 bits per heavy atom. The van der Waals surface area contributed by atoms with E-state index in [4.69, 9.17) is 15.2 Å². The summed E-state index contributed by atoms with van der Waals surface area (Å²) >= 11 is 1.30. The summed E-state index contributed by atoms with van der Waals surface area (Å²) in [7, 11) is 1.64. The van der Waals surface area contributed by atoms with Crippen LogP contribution < -0.4 is 15.8 Å². The van der Waals surface area contributed by atoms with Gasteiger partial charge in [-0.3, -0.25) is 0 Å². The molecule has 112 valence electrons. The fraction of sp³-hybridized carbons (Fsp3) is 0.267. The minimum atomic E-state index is -0.377. The van der Waals surface area contributed by atoms with Gasteiger partial charge in [-0.1, -0.05) is 12.1 Å². The summed E-state index contributed by atoms with van der Waals surface area (Å²) < 4.78 is 10.1. The zero-order valence-corrected chi connectivity index (χ0v) is 12.8. The first-order chi connectivity index (χ1) is 10.1. The van der Waals surface area contributed by atoms with Crippen molar-refractivity contribution in [2.24, 2.45) is 0 Å². The summed E-state index contributed by atoms with van der Waals surface area (Å²) in [4.78, 5) is 12.1. The minimum Gasteiger partial charge on any atom is -0.497 e. The van der Waals surface area contributed by atoms with Crippen LogP contribution in [0.5, 0.6) is 5.75 Å². The topological polar surface area (TPSA) is 73.6 Å². The van der Waals surface area contributed by atoms with E-state index in [1.807, 2.05) is 24.3 Å². The summed E-state index contributed by atoms with van der Waals surface area (Å²) in [6.45, 7) is 2.75. The molecule has 2 rings (SSSR count). The first kappa shape index (κ1) is 15.2. The summed E-state index contributed by atoms with van der Waals surface area (Å²) in [5.74, 6) is 0.446. The number of rotatable bonds is 6. The lowest BCUT2D eigenvalue weighted by Crippen LogP contribution is -2.04. The second kappa shape index (κ2) is 6.99. The van der Waals surface area contributed by atoms with Crippen molar-refractivity contribution >= 4 is 28.0 Å². The number of carbonyl (C=O) groups excluding carboxylic acids is 1. The van der Waals surface area contributed by atoms with Gasteiger partial charge in [0.05, 0.1) is 24.4 Å². The first-order valence-electron chi connectivity index (χ1n) is 6.57. The lowest BCUT2D eigenvalue weighted by molar-refractivity contribution is 0.0533. The molecule has 2 aromatic rings. The molecule has 0 aliphatic carbocycles. The summed E-state index contributed by atoms with van der Waals surface area (Å²) in [6, 6.07) is 9.53. The molecule has 0 saturated heterocycles. The number of nitrogens with one attached hydrogen (secondary N) is 1. The molecule has 0 bridgehead atoms. The van der Waals surface area contributed by atoms with Gasteiger partial charge in [0.15, 0.2) is 0 Å². The number of thiophene rings is 1. The third-order valence-corrected chi connectivity index (χ3v) is 3.94. The van der Waals surface area contributed by atoms with Crippen LogP contribution in [0.25, 0.3) is 0 Å². The maximum atomic E-state index is 11.7. The number of hydrogen-bond donors (Lipinski definition) is 2. The largest absolute Gasteiger partial charge is 0.497 e. The fourth-order valence-electron chi connectivity index (χ4n) is 1.78. The van der Waals surface area contributed by atoms with Crippen molar-refractivity contribution in [3.05, 3.63) is 40.8 Å². The average molecular weight is 306 g/mol. The van der Waals surface area contributed by atoms with Crippen molar-refractivity contribution in [3.63, 3.8) is 0 Å². The molecule has 0 aliphatic rings. The molecule has 0 spiro atoms. The average Bonchev–Trinajstić information content (AvgIpc) is 2.87. The van der Waals surface area contributed by atoms with Crippen LogP contribution in [-0.2, 0) is 11.3 Å². The number of esters is 1.